The highest BCUT2D eigenvalue weighted by Gasteiger charge is 2.21. The van der Waals surface area contributed by atoms with Gasteiger partial charge >= 0.3 is 0 Å². The van der Waals surface area contributed by atoms with Crippen LogP contribution in [-0.4, -0.2) is 52.4 Å². The topological polar surface area (TPSA) is 37.2 Å². The molecule has 3 aromatic rings. The molecule has 0 spiro atoms. The summed E-state index contributed by atoms with van der Waals surface area (Å²) in [5.41, 5.74) is 3.52. The summed E-state index contributed by atoms with van der Waals surface area (Å²) in [5, 5.41) is 5.58. The van der Waals surface area contributed by atoms with Gasteiger partial charge in [0.2, 0.25) is 0 Å². The minimum atomic E-state index is 1.01. The average Bonchev–Trinajstić information content (AvgIpc) is 3.16. The van der Waals surface area contributed by atoms with Crippen molar-refractivity contribution < 1.29 is 0 Å². The van der Waals surface area contributed by atoms with Crippen LogP contribution in [0.5, 0.6) is 0 Å². The largest absolute Gasteiger partial charge is 0.345 e. The number of piperazine rings is 1. The predicted molar refractivity (Wildman–Crippen MR) is 99.9 cm³/mol. The highest BCUT2D eigenvalue weighted by atomic mass is 32.1. The summed E-state index contributed by atoms with van der Waals surface area (Å²) in [7, 11) is 1.97. The molecule has 0 aliphatic carbocycles. The average molecular weight is 341 g/mol. The monoisotopic (exact) mass is 341 g/mol. The van der Waals surface area contributed by atoms with Crippen molar-refractivity contribution in [2.75, 3.05) is 37.6 Å². The smallest absolute Gasteiger partial charge is 0.188 e. The number of benzene rings is 1. The molecule has 0 amide bonds. The van der Waals surface area contributed by atoms with Crippen LogP contribution in [0.15, 0.2) is 30.3 Å². The highest BCUT2D eigenvalue weighted by Crippen LogP contribution is 2.31. The van der Waals surface area contributed by atoms with Gasteiger partial charge in [-0.1, -0.05) is 41.7 Å². The SMILES string of the molecule is Cc1nn(C)c2nc(N3CCN(CCc4ccccc4)CC3)sc12. The molecule has 0 N–H and O–H groups in total. The normalized spacial score (nSPS) is 16.2. The second-order valence-corrected chi connectivity index (χ2v) is 7.40. The standard InChI is InChI=1S/C18H23N5S/c1-14-16-17(21(2)20-14)19-18(24-16)23-12-10-22(11-13-23)9-8-15-6-4-3-5-7-15/h3-7H,8-13H2,1-2H3. The minimum absolute atomic E-state index is 1.01. The van der Waals surface area contributed by atoms with E-state index in [0.29, 0.717) is 0 Å². The second-order valence-electron chi connectivity index (χ2n) is 6.42. The van der Waals surface area contributed by atoms with Gasteiger partial charge in [0.05, 0.1) is 10.4 Å². The summed E-state index contributed by atoms with van der Waals surface area (Å²) >= 11 is 1.78. The zero-order valence-electron chi connectivity index (χ0n) is 14.3. The molecule has 0 bridgehead atoms. The van der Waals surface area contributed by atoms with Crippen LogP contribution < -0.4 is 4.90 Å². The number of hydrogen-bond donors (Lipinski definition) is 0. The van der Waals surface area contributed by atoms with Crippen LogP contribution in [0.2, 0.25) is 0 Å². The van der Waals surface area contributed by atoms with Crippen molar-refractivity contribution in [2.45, 2.75) is 13.3 Å². The van der Waals surface area contributed by atoms with Crippen molar-refractivity contribution in [3.05, 3.63) is 41.6 Å². The van der Waals surface area contributed by atoms with Gasteiger partial charge in [-0.15, -0.1) is 0 Å². The third-order valence-electron chi connectivity index (χ3n) is 4.74. The van der Waals surface area contributed by atoms with Gasteiger partial charge in [0.15, 0.2) is 10.8 Å². The van der Waals surface area contributed by atoms with E-state index in [-0.39, 0.29) is 0 Å². The van der Waals surface area contributed by atoms with Crippen molar-refractivity contribution in [1.82, 2.24) is 19.7 Å². The molecule has 1 fully saturated rings. The molecule has 24 heavy (non-hydrogen) atoms. The zero-order valence-corrected chi connectivity index (χ0v) is 15.1. The van der Waals surface area contributed by atoms with Gasteiger partial charge in [0, 0.05) is 39.8 Å². The summed E-state index contributed by atoms with van der Waals surface area (Å²) < 4.78 is 3.11. The number of nitrogens with zero attached hydrogens (tertiary/aromatic N) is 5. The number of rotatable bonds is 4. The number of hydrogen-bond acceptors (Lipinski definition) is 5. The fraction of sp³-hybridized carbons (Fsp3) is 0.444. The molecule has 1 aromatic carbocycles. The van der Waals surface area contributed by atoms with Crippen LogP contribution in [0.25, 0.3) is 10.3 Å². The summed E-state index contributed by atoms with van der Waals surface area (Å²) in [6, 6.07) is 10.8. The Bertz CT molecular complexity index is 780. The van der Waals surface area contributed by atoms with Gasteiger partial charge in [-0.3, -0.25) is 4.90 Å². The van der Waals surface area contributed by atoms with E-state index in [2.05, 4.69) is 52.2 Å². The molecule has 0 saturated carbocycles. The maximum atomic E-state index is 4.80. The van der Waals surface area contributed by atoms with Gasteiger partial charge in [0.1, 0.15) is 0 Å². The van der Waals surface area contributed by atoms with Crippen LogP contribution in [0, 0.1) is 6.92 Å². The summed E-state index contributed by atoms with van der Waals surface area (Å²) in [4.78, 5) is 9.78. The van der Waals surface area contributed by atoms with E-state index in [4.69, 9.17) is 4.98 Å². The summed E-state index contributed by atoms with van der Waals surface area (Å²) in [5.74, 6) is 0. The summed E-state index contributed by atoms with van der Waals surface area (Å²) in [6.45, 7) is 7.54. The molecule has 1 aliphatic heterocycles. The third kappa shape index (κ3) is 3.03. The molecule has 126 valence electrons. The van der Waals surface area contributed by atoms with Crippen molar-refractivity contribution in [2.24, 2.45) is 7.05 Å². The Morgan fingerprint density at radius 3 is 2.54 bits per heavy atom. The lowest BCUT2D eigenvalue weighted by molar-refractivity contribution is 0.261. The van der Waals surface area contributed by atoms with Gasteiger partial charge in [-0.05, 0) is 18.9 Å². The molecule has 2 aromatic heterocycles. The van der Waals surface area contributed by atoms with Crippen LogP contribution in [0.1, 0.15) is 11.3 Å². The van der Waals surface area contributed by atoms with Gasteiger partial charge in [-0.25, -0.2) is 9.67 Å². The molecule has 6 heteroatoms. The van der Waals surface area contributed by atoms with Gasteiger partial charge in [-0.2, -0.15) is 5.10 Å². The molecule has 0 atom stereocenters. The van der Waals surface area contributed by atoms with Crippen LogP contribution in [0.3, 0.4) is 0 Å². The second kappa shape index (κ2) is 6.53. The first-order chi connectivity index (χ1) is 11.7. The molecule has 1 aliphatic rings. The first-order valence-corrected chi connectivity index (χ1v) is 9.34. The van der Waals surface area contributed by atoms with Crippen molar-refractivity contribution in [3.8, 4) is 0 Å². The summed E-state index contributed by atoms with van der Waals surface area (Å²) in [6.07, 6.45) is 1.13. The quantitative estimate of drug-likeness (QED) is 0.731. The maximum Gasteiger partial charge on any atom is 0.188 e. The van der Waals surface area contributed by atoms with Crippen LogP contribution in [-0.2, 0) is 13.5 Å². The van der Waals surface area contributed by atoms with E-state index in [0.717, 1.165) is 55.6 Å². The van der Waals surface area contributed by atoms with E-state index in [9.17, 15) is 0 Å². The zero-order chi connectivity index (χ0) is 16.5. The number of thiazole rings is 1. The van der Waals surface area contributed by atoms with Crippen LogP contribution in [0.4, 0.5) is 5.13 Å². The number of aromatic nitrogens is 3. The Morgan fingerprint density at radius 1 is 1.08 bits per heavy atom. The van der Waals surface area contributed by atoms with Crippen LogP contribution >= 0.6 is 11.3 Å². The fourth-order valence-electron chi connectivity index (χ4n) is 3.30. The lowest BCUT2D eigenvalue weighted by Gasteiger charge is -2.34. The molecule has 1 saturated heterocycles. The number of fused-ring (bicyclic) bond motifs is 1. The van der Waals surface area contributed by atoms with E-state index in [1.54, 1.807) is 11.3 Å². The Labute approximate surface area is 146 Å². The van der Waals surface area contributed by atoms with Gasteiger partial charge in [0.25, 0.3) is 0 Å². The van der Waals surface area contributed by atoms with Crippen molar-refractivity contribution in [1.29, 1.82) is 0 Å². The van der Waals surface area contributed by atoms with E-state index < -0.39 is 0 Å². The van der Waals surface area contributed by atoms with E-state index >= 15 is 0 Å². The number of aryl methyl sites for hydroxylation is 2. The first-order valence-electron chi connectivity index (χ1n) is 8.52. The predicted octanol–water partition coefficient (Wildman–Crippen LogP) is 2.70. The fourth-order valence-corrected chi connectivity index (χ4v) is 4.39. The van der Waals surface area contributed by atoms with Crippen molar-refractivity contribution in [3.63, 3.8) is 0 Å². The Kier molecular flexibility index (Phi) is 4.24. The van der Waals surface area contributed by atoms with Crippen molar-refractivity contribution >= 4 is 26.8 Å². The molecule has 3 heterocycles. The minimum Gasteiger partial charge on any atom is -0.345 e. The highest BCUT2D eigenvalue weighted by molar-refractivity contribution is 7.22. The first kappa shape index (κ1) is 15.6. The Morgan fingerprint density at radius 2 is 1.83 bits per heavy atom. The number of anilines is 1. The Hall–Kier alpha value is -1.92. The Balaban J connectivity index is 1.36. The molecule has 0 radical (unpaired) electrons. The molecule has 5 nitrogen and oxygen atoms in total. The molecule has 0 unspecified atom stereocenters. The third-order valence-corrected chi connectivity index (χ3v) is 5.95. The van der Waals surface area contributed by atoms with E-state index in [1.165, 1.54) is 10.3 Å². The lowest BCUT2D eigenvalue weighted by atomic mass is 10.1. The molecular weight excluding hydrogens is 318 g/mol. The molecular formula is C18H23N5S. The maximum absolute atomic E-state index is 4.80. The van der Waals surface area contributed by atoms with E-state index in [1.807, 2.05) is 11.7 Å². The molecule has 4 rings (SSSR count). The lowest BCUT2D eigenvalue weighted by Crippen LogP contribution is -2.47. The van der Waals surface area contributed by atoms with Gasteiger partial charge < -0.3 is 4.90 Å².